The van der Waals surface area contributed by atoms with Crippen molar-refractivity contribution in [1.82, 2.24) is 19.6 Å². The van der Waals surface area contributed by atoms with Gasteiger partial charge in [-0.15, -0.1) is 10.2 Å². The maximum atomic E-state index is 4.29. The second-order valence-corrected chi connectivity index (χ2v) is 5.13. The molecule has 0 aliphatic carbocycles. The molecule has 1 atom stereocenters. The monoisotopic (exact) mass is 317 g/mol. The second-order valence-electron chi connectivity index (χ2n) is 4.21. The zero-order chi connectivity index (χ0) is 13.2. The van der Waals surface area contributed by atoms with Crippen molar-refractivity contribution in [3.8, 4) is 0 Å². The molecule has 5 nitrogen and oxygen atoms in total. The molecule has 19 heavy (non-hydrogen) atoms. The van der Waals surface area contributed by atoms with Crippen molar-refractivity contribution in [3.05, 3.63) is 53.0 Å². The molecule has 0 amide bonds. The van der Waals surface area contributed by atoms with E-state index >= 15 is 0 Å². The maximum Gasteiger partial charge on any atom is 0.160 e. The Bertz CT molecular complexity index is 692. The molecule has 96 valence electrons. The normalized spacial score (nSPS) is 12.5. The number of hydrogen-bond donors (Lipinski definition) is 1. The summed E-state index contributed by atoms with van der Waals surface area (Å²) in [5.74, 6) is 1.67. The summed E-state index contributed by atoms with van der Waals surface area (Å²) < 4.78 is 2.93. The number of anilines is 1. The van der Waals surface area contributed by atoms with E-state index in [1.54, 1.807) is 6.20 Å². The van der Waals surface area contributed by atoms with Crippen LogP contribution >= 0.6 is 15.9 Å². The molecule has 0 unspecified atom stereocenters. The van der Waals surface area contributed by atoms with Gasteiger partial charge in [0.1, 0.15) is 5.82 Å². The Hall–Kier alpha value is -1.95. The van der Waals surface area contributed by atoms with Gasteiger partial charge >= 0.3 is 0 Å². The van der Waals surface area contributed by atoms with Crippen molar-refractivity contribution in [3.63, 3.8) is 0 Å². The van der Waals surface area contributed by atoms with Crippen LogP contribution in [0.4, 0.5) is 5.82 Å². The van der Waals surface area contributed by atoms with Gasteiger partial charge in [0.15, 0.2) is 11.5 Å². The van der Waals surface area contributed by atoms with Crippen LogP contribution in [-0.2, 0) is 0 Å². The molecule has 0 aliphatic heterocycles. The van der Waals surface area contributed by atoms with E-state index in [2.05, 4.69) is 36.4 Å². The van der Waals surface area contributed by atoms with Crippen LogP contribution in [0, 0.1) is 0 Å². The Kier molecular flexibility index (Phi) is 3.16. The Morgan fingerprint density at radius 3 is 2.89 bits per heavy atom. The fraction of sp³-hybridized carbons (Fsp3) is 0.154. The van der Waals surface area contributed by atoms with Crippen LogP contribution in [0.2, 0.25) is 0 Å². The molecular weight excluding hydrogens is 306 g/mol. The summed E-state index contributed by atoms with van der Waals surface area (Å²) in [5.41, 5.74) is 0.843. The standard InChI is InChI=1S/C13H12BrN5/c1-9(16-11-6-5-10(14)8-15-11)13-18-17-12-4-2-3-7-19(12)13/h2-9H,1H3,(H,15,16)/t9-/m0/s1. The molecule has 3 aromatic rings. The largest absolute Gasteiger partial charge is 0.360 e. The Morgan fingerprint density at radius 2 is 2.11 bits per heavy atom. The van der Waals surface area contributed by atoms with Crippen molar-refractivity contribution in [1.29, 1.82) is 0 Å². The lowest BCUT2D eigenvalue weighted by atomic mass is 10.3. The Morgan fingerprint density at radius 1 is 1.21 bits per heavy atom. The summed E-state index contributed by atoms with van der Waals surface area (Å²) in [6.07, 6.45) is 3.72. The third kappa shape index (κ3) is 2.44. The van der Waals surface area contributed by atoms with Gasteiger partial charge in [-0.25, -0.2) is 4.98 Å². The van der Waals surface area contributed by atoms with Crippen LogP contribution < -0.4 is 5.32 Å². The molecule has 0 spiro atoms. The highest BCUT2D eigenvalue weighted by molar-refractivity contribution is 9.10. The number of rotatable bonds is 3. The van der Waals surface area contributed by atoms with Crippen LogP contribution in [-0.4, -0.2) is 19.6 Å². The quantitative estimate of drug-likeness (QED) is 0.806. The van der Waals surface area contributed by atoms with Crippen molar-refractivity contribution in [2.24, 2.45) is 0 Å². The third-order valence-corrected chi connectivity index (χ3v) is 3.29. The average molecular weight is 318 g/mol. The maximum absolute atomic E-state index is 4.29. The number of aromatic nitrogens is 4. The summed E-state index contributed by atoms with van der Waals surface area (Å²) in [4.78, 5) is 4.29. The third-order valence-electron chi connectivity index (χ3n) is 2.82. The first-order chi connectivity index (χ1) is 9.24. The van der Waals surface area contributed by atoms with Crippen LogP contribution in [0.1, 0.15) is 18.8 Å². The summed E-state index contributed by atoms with van der Waals surface area (Å²) >= 11 is 3.37. The number of pyridine rings is 2. The average Bonchev–Trinajstić information content (AvgIpc) is 2.85. The first kappa shape index (κ1) is 12.1. The number of halogens is 1. The van der Waals surface area contributed by atoms with Crippen molar-refractivity contribution in [2.45, 2.75) is 13.0 Å². The minimum absolute atomic E-state index is 0.0195. The number of hydrogen-bond acceptors (Lipinski definition) is 4. The van der Waals surface area contributed by atoms with Gasteiger partial charge < -0.3 is 5.32 Å². The minimum atomic E-state index is 0.0195. The van der Waals surface area contributed by atoms with Gasteiger partial charge in [0.2, 0.25) is 0 Å². The SMILES string of the molecule is C[C@H](Nc1ccc(Br)cn1)c1nnc2ccccn12. The smallest absolute Gasteiger partial charge is 0.160 e. The minimum Gasteiger partial charge on any atom is -0.360 e. The van der Waals surface area contributed by atoms with E-state index in [4.69, 9.17) is 0 Å². The van der Waals surface area contributed by atoms with Gasteiger partial charge in [-0.2, -0.15) is 0 Å². The molecule has 3 rings (SSSR count). The molecule has 0 aromatic carbocycles. The number of nitrogens with one attached hydrogen (secondary N) is 1. The van der Waals surface area contributed by atoms with E-state index in [1.807, 2.05) is 47.9 Å². The molecule has 6 heteroatoms. The highest BCUT2D eigenvalue weighted by atomic mass is 79.9. The molecular formula is C13H12BrN5. The van der Waals surface area contributed by atoms with Gasteiger partial charge in [-0.05, 0) is 47.1 Å². The lowest BCUT2D eigenvalue weighted by molar-refractivity contribution is 0.768. The first-order valence-corrected chi connectivity index (χ1v) is 6.71. The summed E-state index contributed by atoms with van der Waals surface area (Å²) in [6, 6.07) is 9.73. The van der Waals surface area contributed by atoms with Crippen molar-refractivity contribution >= 4 is 27.4 Å². The molecule has 3 heterocycles. The van der Waals surface area contributed by atoms with E-state index in [0.29, 0.717) is 0 Å². The van der Waals surface area contributed by atoms with Crippen molar-refractivity contribution < 1.29 is 0 Å². The number of fused-ring (bicyclic) bond motifs is 1. The topological polar surface area (TPSA) is 55.1 Å². The second kappa shape index (κ2) is 4.97. The summed E-state index contributed by atoms with van der Waals surface area (Å²) in [7, 11) is 0. The van der Waals surface area contributed by atoms with Crippen LogP contribution in [0.5, 0.6) is 0 Å². The molecule has 3 aromatic heterocycles. The van der Waals surface area contributed by atoms with Crippen molar-refractivity contribution in [2.75, 3.05) is 5.32 Å². The van der Waals surface area contributed by atoms with E-state index in [1.165, 1.54) is 0 Å². The molecule has 0 aliphatic rings. The van der Waals surface area contributed by atoms with Gasteiger partial charge in [-0.1, -0.05) is 6.07 Å². The lowest BCUT2D eigenvalue weighted by Crippen LogP contribution is -2.11. The molecule has 0 saturated heterocycles. The fourth-order valence-corrected chi connectivity index (χ4v) is 2.14. The predicted molar refractivity (Wildman–Crippen MR) is 77.0 cm³/mol. The molecule has 0 saturated carbocycles. The van der Waals surface area contributed by atoms with E-state index in [9.17, 15) is 0 Å². The highest BCUT2D eigenvalue weighted by Crippen LogP contribution is 2.18. The van der Waals surface area contributed by atoms with Crippen LogP contribution in [0.15, 0.2) is 47.2 Å². The van der Waals surface area contributed by atoms with E-state index in [-0.39, 0.29) is 6.04 Å². The predicted octanol–water partition coefficient (Wildman–Crippen LogP) is 3.06. The fourth-order valence-electron chi connectivity index (χ4n) is 1.90. The Labute approximate surface area is 118 Å². The molecule has 0 bridgehead atoms. The molecule has 1 N–H and O–H groups in total. The van der Waals surface area contributed by atoms with E-state index < -0.39 is 0 Å². The zero-order valence-electron chi connectivity index (χ0n) is 10.3. The zero-order valence-corrected chi connectivity index (χ0v) is 11.9. The Balaban J connectivity index is 1.87. The van der Waals surface area contributed by atoms with Gasteiger partial charge in [-0.3, -0.25) is 4.40 Å². The molecule has 0 radical (unpaired) electrons. The first-order valence-electron chi connectivity index (χ1n) is 5.92. The lowest BCUT2D eigenvalue weighted by Gasteiger charge is -2.12. The van der Waals surface area contributed by atoms with E-state index in [0.717, 1.165) is 21.8 Å². The summed E-state index contributed by atoms with van der Waals surface area (Å²) in [6.45, 7) is 2.03. The van der Waals surface area contributed by atoms with Gasteiger partial charge in [0, 0.05) is 16.9 Å². The van der Waals surface area contributed by atoms with Gasteiger partial charge in [0.05, 0.1) is 6.04 Å². The number of nitrogens with zero attached hydrogens (tertiary/aromatic N) is 4. The van der Waals surface area contributed by atoms with Gasteiger partial charge in [0.25, 0.3) is 0 Å². The molecule has 0 fully saturated rings. The van der Waals surface area contributed by atoms with Crippen LogP contribution in [0.3, 0.4) is 0 Å². The highest BCUT2D eigenvalue weighted by Gasteiger charge is 2.13. The summed E-state index contributed by atoms with van der Waals surface area (Å²) in [5, 5.41) is 11.7. The van der Waals surface area contributed by atoms with Crippen LogP contribution in [0.25, 0.3) is 5.65 Å².